The zero-order valence-corrected chi connectivity index (χ0v) is 13.0. The highest BCUT2D eigenvalue weighted by molar-refractivity contribution is 5.96. The lowest BCUT2D eigenvalue weighted by Crippen LogP contribution is -2.29. The lowest BCUT2D eigenvalue weighted by molar-refractivity contribution is -0.167. The Morgan fingerprint density at radius 2 is 1.56 bits per heavy atom. The van der Waals surface area contributed by atoms with Crippen LogP contribution in [-0.4, -0.2) is 24.6 Å². The molecule has 0 spiro atoms. The van der Waals surface area contributed by atoms with E-state index in [9.17, 15) is 22.8 Å². The summed E-state index contributed by atoms with van der Waals surface area (Å²) in [4.78, 5) is 22.7. The van der Waals surface area contributed by atoms with E-state index in [0.29, 0.717) is 5.75 Å². The minimum absolute atomic E-state index is 0.0635. The molecule has 0 bridgehead atoms. The Morgan fingerprint density at radius 3 is 2.20 bits per heavy atom. The third kappa shape index (κ3) is 6.17. The van der Waals surface area contributed by atoms with Gasteiger partial charge in [-0.15, -0.1) is 0 Å². The fourth-order valence-corrected chi connectivity index (χ4v) is 1.88. The van der Waals surface area contributed by atoms with Crippen molar-refractivity contribution in [3.8, 4) is 5.75 Å². The molecular formula is C17H15F3N2O3. The molecule has 0 saturated carbocycles. The van der Waals surface area contributed by atoms with Gasteiger partial charge >= 0.3 is 12.1 Å². The molecule has 25 heavy (non-hydrogen) atoms. The molecule has 0 fully saturated rings. The molecule has 0 aliphatic rings. The third-order valence-corrected chi connectivity index (χ3v) is 3.00. The fourth-order valence-electron chi connectivity index (χ4n) is 1.88. The number of ether oxygens (including phenoxy) is 1. The Labute approximate surface area is 141 Å². The lowest BCUT2D eigenvalue weighted by Gasteiger charge is -2.10. The van der Waals surface area contributed by atoms with Crippen LogP contribution in [0.3, 0.4) is 0 Å². The molecule has 0 aliphatic heterocycles. The largest absolute Gasteiger partial charge is 0.493 e. The van der Waals surface area contributed by atoms with Crippen molar-refractivity contribution < 1.29 is 27.5 Å². The van der Waals surface area contributed by atoms with Crippen molar-refractivity contribution >= 4 is 23.2 Å². The van der Waals surface area contributed by atoms with Crippen LogP contribution in [0.25, 0.3) is 0 Å². The zero-order valence-electron chi connectivity index (χ0n) is 13.0. The number of halogens is 3. The number of nitrogens with one attached hydrogen (secondary N) is 2. The summed E-state index contributed by atoms with van der Waals surface area (Å²) in [5, 5.41) is 4.25. The van der Waals surface area contributed by atoms with Crippen LogP contribution < -0.4 is 15.4 Å². The molecule has 2 rings (SSSR count). The monoisotopic (exact) mass is 352 g/mol. The Balaban J connectivity index is 1.84. The summed E-state index contributed by atoms with van der Waals surface area (Å²) >= 11 is 0. The van der Waals surface area contributed by atoms with Crippen molar-refractivity contribution in [2.45, 2.75) is 12.6 Å². The van der Waals surface area contributed by atoms with Gasteiger partial charge in [0.25, 0.3) is 0 Å². The van der Waals surface area contributed by atoms with E-state index in [0.717, 1.165) is 0 Å². The van der Waals surface area contributed by atoms with E-state index >= 15 is 0 Å². The molecule has 0 atom stereocenters. The number of amides is 2. The summed E-state index contributed by atoms with van der Waals surface area (Å²) in [5.74, 6) is -1.81. The minimum atomic E-state index is -4.98. The van der Waals surface area contributed by atoms with Crippen molar-refractivity contribution in [1.82, 2.24) is 0 Å². The highest BCUT2D eigenvalue weighted by Gasteiger charge is 2.38. The first kappa shape index (κ1) is 18.3. The number of rotatable bonds is 6. The van der Waals surface area contributed by atoms with Crippen molar-refractivity contribution in [3.05, 3.63) is 54.6 Å². The maximum atomic E-state index is 12.2. The van der Waals surface area contributed by atoms with Crippen molar-refractivity contribution in [3.63, 3.8) is 0 Å². The number of anilines is 2. The Morgan fingerprint density at radius 1 is 0.920 bits per heavy atom. The number of benzene rings is 2. The second-order valence-corrected chi connectivity index (χ2v) is 4.99. The van der Waals surface area contributed by atoms with Gasteiger partial charge in [0.2, 0.25) is 5.91 Å². The maximum Gasteiger partial charge on any atom is 0.471 e. The van der Waals surface area contributed by atoms with Crippen LogP contribution in [-0.2, 0) is 9.59 Å². The smallest absolute Gasteiger partial charge is 0.471 e. The molecular weight excluding hydrogens is 337 g/mol. The predicted octanol–water partition coefficient (Wildman–Crippen LogP) is 3.60. The molecule has 0 saturated heterocycles. The molecule has 0 aromatic heterocycles. The highest BCUT2D eigenvalue weighted by Crippen LogP contribution is 2.20. The van der Waals surface area contributed by atoms with E-state index in [4.69, 9.17) is 4.74 Å². The van der Waals surface area contributed by atoms with Gasteiger partial charge in [-0.2, -0.15) is 13.2 Å². The predicted molar refractivity (Wildman–Crippen MR) is 86.3 cm³/mol. The maximum absolute atomic E-state index is 12.2. The summed E-state index contributed by atoms with van der Waals surface area (Å²) < 4.78 is 42.1. The Hall–Kier alpha value is -3.03. The second kappa shape index (κ2) is 8.18. The summed E-state index contributed by atoms with van der Waals surface area (Å²) in [5.41, 5.74) is 0.199. The van der Waals surface area contributed by atoms with E-state index in [1.54, 1.807) is 29.6 Å². The first-order valence-electron chi connectivity index (χ1n) is 7.30. The lowest BCUT2D eigenvalue weighted by atomic mass is 10.2. The van der Waals surface area contributed by atoms with E-state index < -0.39 is 12.1 Å². The van der Waals surface area contributed by atoms with Gasteiger partial charge in [0.05, 0.1) is 13.0 Å². The normalized spacial score (nSPS) is 10.8. The van der Waals surface area contributed by atoms with Gasteiger partial charge in [0, 0.05) is 11.4 Å². The molecule has 2 aromatic carbocycles. The Bertz CT molecular complexity index is 733. The van der Waals surface area contributed by atoms with Crippen LogP contribution in [0.4, 0.5) is 24.5 Å². The average molecular weight is 352 g/mol. The van der Waals surface area contributed by atoms with Crippen LogP contribution >= 0.6 is 0 Å². The van der Waals surface area contributed by atoms with Crippen LogP contribution in [0.1, 0.15) is 6.42 Å². The molecule has 132 valence electrons. The molecule has 2 aromatic rings. The van der Waals surface area contributed by atoms with E-state index in [2.05, 4.69) is 5.32 Å². The quantitative estimate of drug-likeness (QED) is 0.835. The molecule has 0 radical (unpaired) electrons. The van der Waals surface area contributed by atoms with Crippen molar-refractivity contribution in [1.29, 1.82) is 0 Å². The molecule has 8 heteroatoms. The molecule has 2 amide bonds. The number of alkyl halides is 3. The summed E-state index contributed by atoms with van der Waals surface area (Å²) in [6, 6.07) is 14.4. The van der Waals surface area contributed by atoms with Gasteiger partial charge in [-0.3, -0.25) is 9.59 Å². The summed E-state index contributed by atoms with van der Waals surface area (Å²) in [6.45, 7) is 0.153. The van der Waals surface area contributed by atoms with Crippen LogP contribution in [0.5, 0.6) is 5.75 Å². The fraction of sp³-hybridized carbons (Fsp3) is 0.176. The van der Waals surface area contributed by atoms with Crippen LogP contribution in [0.15, 0.2) is 54.6 Å². The van der Waals surface area contributed by atoms with Gasteiger partial charge in [0.15, 0.2) is 0 Å². The van der Waals surface area contributed by atoms with Gasteiger partial charge in [-0.1, -0.05) is 24.3 Å². The molecule has 5 nitrogen and oxygen atoms in total. The van der Waals surface area contributed by atoms with Crippen molar-refractivity contribution in [2.24, 2.45) is 0 Å². The summed E-state index contributed by atoms with van der Waals surface area (Å²) in [7, 11) is 0. The van der Waals surface area contributed by atoms with E-state index in [1.165, 1.54) is 24.3 Å². The van der Waals surface area contributed by atoms with Gasteiger partial charge in [-0.05, 0) is 30.3 Å². The third-order valence-electron chi connectivity index (χ3n) is 3.00. The molecule has 2 N–H and O–H groups in total. The molecule has 0 heterocycles. The topological polar surface area (TPSA) is 67.4 Å². The SMILES string of the molecule is O=C(CCOc1ccccc1)Nc1cccc(NC(=O)C(F)(F)F)c1. The van der Waals surface area contributed by atoms with Gasteiger partial charge in [-0.25, -0.2) is 0 Å². The average Bonchev–Trinajstić information content (AvgIpc) is 2.55. The van der Waals surface area contributed by atoms with E-state index in [1.807, 2.05) is 6.07 Å². The number of hydrogen-bond acceptors (Lipinski definition) is 3. The van der Waals surface area contributed by atoms with Gasteiger partial charge < -0.3 is 15.4 Å². The first-order valence-corrected chi connectivity index (χ1v) is 7.30. The first-order chi connectivity index (χ1) is 11.8. The Kier molecular flexibility index (Phi) is 5.99. The van der Waals surface area contributed by atoms with Crippen LogP contribution in [0.2, 0.25) is 0 Å². The number of hydrogen-bond donors (Lipinski definition) is 2. The van der Waals surface area contributed by atoms with Gasteiger partial charge in [0.1, 0.15) is 5.75 Å². The number of para-hydroxylation sites is 1. The number of carbonyl (C=O) groups excluding carboxylic acids is 2. The highest BCUT2D eigenvalue weighted by atomic mass is 19.4. The zero-order chi connectivity index (χ0) is 18.3. The number of carbonyl (C=O) groups is 2. The summed E-state index contributed by atoms with van der Waals surface area (Å²) in [6.07, 6.45) is -4.91. The van der Waals surface area contributed by atoms with Crippen molar-refractivity contribution in [2.75, 3.05) is 17.2 Å². The standard InChI is InChI=1S/C17H15F3N2O3/c18-17(19,20)16(24)22-13-6-4-5-12(11-13)21-15(23)9-10-25-14-7-2-1-3-8-14/h1-8,11H,9-10H2,(H,21,23)(H,22,24). The van der Waals surface area contributed by atoms with Crippen LogP contribution in [0, 0.1) is 0 Å². The molecule has 0 aliphatic carbocycles. The van der Waals surface area contributed by atoms with E-state index in [-0.39, 0.29) is 30.3 Å². The molecule has 0 unspecified atom stereocenters. The second-order valence-electron chi connectivity index (χ2n) is 4.99. The minimum Gasteiger partial charge on any atom is -0.493 e.